The minimum absolute atomic E-state index is 0.00889. The first-order valence-corrected chi connectivity index (χ1v) is 17.9. The number of carbonyl (C=O) groups excluding carboxylic acids is 1. The molecule has 5 rings (SSSR count). The lowest BCUT2D eigenvalue weighted by Gasteiger charge is -2.46. The van der Waals surface area contributed by atoms with E-state index in [0.717, 1.165) is 55.9 Å². The van der Waals surface area contributed by atoms with E-state index in [4.69, 9.17) is 31.0 Å². The van der Waals surface area contributed by atoms with Crippen LogP contribution in [0.15, 0.2) is 66.1 Å². The summed E-state index contributed by atoms with van der Waals surface area (Å²) in [5.74, 6) is 0.752. The van der Waals surface area contributed by atoms with E-state index in [1.807, 2.05) is 24.3 Å². The molecule has 3 aliphatic rings. The van der Waals surface area contributed by atoms with Gasteiger partial charge in [-0.15, -0.1) is 17.5 Å². The van der Waals surface area contributed by atoms with Crippen molar-refractivity contribution in [1.29, 1.82) is 0 Å². The minimum Gasteiger partial charge on any atom is -0.490 e. The van der Waals surface area contributed by atoms with Crippen LogP contribution < -0.4 is 14.8 Å². The van der Waals surface area contributed by atoms with E-state index in [0.29, 0.717) is 42.8 Å². The van der Waals surface area contributed by atoms with Crippen LogP contribution >= 0.6 is 11.6 Å². The molecule has 0 radical (unpaired) electrons. The molecule has 1 spiro atoms. The summed E-state index contributed by atoms with van der Waals surface area (Å²) in [6.45, 7) is 10.1. The van der Waals surface area contributed by atoms with Crippen LogP contribution in [0.4, 0.5) is 5.69 Å². The predicted octanol–water partition coefficient (Wildman–Crippen LogP) is 6.36. The van der Waals surface area contributed by atoms with Gasteiger partial charge >= 0.3 is 0 Å². The molecule has 244 valence electrons. The third kappa shape index (κ3) is 7.49. The van der Waals surface area contributed by atoms with E-state index in [2.05, 4.69) is 34.6 Å². The first-order chi connectivity index (χ1) is 21.6. The number of carbonyl (C=O) groups is 1. The Morgan fingerprint density at radius 3 is 2.78 bits per heavy atom. The van der Waals surface area contributed by atoms with Crippen molar-refractivity contribution in [3.8, 4) is 5.75 Å². The molecule has 0 bridgehead atoms. The van der Waals surface area contributed by atoms with Gasteiger partial charge in [0.05, 0.1) is 30.8 Å². The largest absolute Gasteiger partial charge is 0.490 e. The van der Waals surface area contributed by atoms with Gasteiger partial charge in [-0.05, 0) is 97.7 Å². The summed E-state index contributed by atoms with van der Waals surface area (Å²) in [6.07, 6.45) is 9.35. The molecule has 10 heteroatoms. The molecule has 2 aliphatic carbocycles. The van der Waals surface area contributed by atoms with Crippen molar-refractivity contribution in [2.75, 3.05) is 51.2 Å². The molecule has 0 saturated heterocycles. The summed E-state index contributed by atoms with van der Waals surface area (Å²) >= 11 is 6.42. The Bertz CT molecular complexity index is 1540. The fraction of sp³-hybridized carbons (Fsp3) is 0.514. The fourth-order valence-electron chi connectivity index (χ4n) is 7.45. The number of methoxy groups -OCH3 is 2. The monoisotopic (exact) mass is 655 g/mol. The van der Waals surface area contributed by atoms with Gasteiger partial charge in [0.15, 0.2) is 0 Å². The minimum atomic E-state index is -3.29. The van der Waals surface area contributed by atoms with Gasteiger partial charge in [-0.25, -0.2) is 9.35 Å². The lowest BCUT2D eigenvalue weighted by atomic mass is 9.68. The normalized spacial score (nSPS) is 24.9. The molecule has 2 aromatic carbocycles. The molecule has 1 heterocycles. The van der Waals surface area contributed by atoms with Crippen LogP contribution in [0.5, 0.6) is 5.75 Å². The van der Waals surface area contributed by atoms with Crippen LogP contribution in [-0.4, -0.2) is 62.5 Å². The van der Waals surface area contributed by atoms with Crippen molar-refractivity contribution < 1.29 is 23.2 Å². The Morgan fingerprint density at radius 1 is 1.27 bits per heavy atom. The van der Waals surface area contributed by atoms with Gasteiger partial charge in [0, 0.05) is 43.3 Å². The number of allylic oxidation sites excluding steroid dienone is 1. The molecule has 2 aromatic rings. The Kier molecular flexibility index (Phi) is 10.8. The second-order valence-corrected chi connectivity index (χ2v) is 15.2. The lowest BCUT2D eigenvalue weighted by Crippen LogP contribution is -2.49. The third-order valence-electron chi connectivity index (χ3n) is 9.76. The Morgan fingerprint density at radius 2 is 2.09 bits per heavy atom. The summed E-state index contributed by atoms with van der Waals surface area (Å²) in [5, 5.41) is 6.85. The number of aryl methyl sites for hydroxylation is 1. The first kappa shape index (κ1) is 33.7. The fourth-order valence-corrected chi connectivity index (χ4v) is 9.02. The number of ether oxygens (including phenoxy) is 3. The molecule has 1 aliphatic heterocycles. The molecule has 1 fully saturated rings. The van der Waals surface area contributed by atoms with E-state index in [1.165, 1.54) is 11.1 Å². The number of benzene rings is 2. The lowest BCUT2D eigenvalue weighted by molar-refractivity contribution is 0.0135. The maximum Gasteiger partial charge on any atom is 0.286 e. The van der Waals surface area contributed by atoms with Crippen molar-refractivity contribution in [3.05, 3.63) is 83.4 Å². The molecular formula is C35H46ClN3O5S. The number of amides is 1. The van der Waals surface area contributed by atoms with Gasteiger partial charge < -0.3 is 19.1 Å². The van der Waals surface area contributed by atoms with Crippen LogP contribution in [0.3, 0.4) is 0 Å². The van der Waals surface area contributed by atoms with E-state index in [-0.39, 0.29) is 23.2 Å². The van der Waals surface area contributed by atoms with Crippen molar-refractivity contribution >= 4 is 33.1 Å². The maximum absolute atomic E-state index is 13.5. The van der Waals surface area contributed by atoms with Crippen LogP contribution in [0.2, 0.25) is 5.02 Å². The van der Waals surface area contributed by atoms with E-state index in [9.17, 15) is 9.00 Å². The standard InChI is InChI=1S/C35H46ClN3O5S/c1-5-8-24(20-42-3)21-45(37,41)38-34(40)26-11-15-33-31(18-26)39(19-27-10-13-29(27)32(6-2)43-4)22-35(23-44-33)16-7-9-25-17-28(36)12-14-30(25)35/h5-6,11-12,14-15,17-18,24,27,29,32H,1-2,7-10,13,16,19-23H2,3-4H3,(H2,37,38,40,41)/t24-,27+,29-,32+,35+,45?/m1/s1. The number of anilines is 1. The summed E-state index contributed by atoms with van der Waals surface area (Å²) in [6, 6.07) is 11.6. The summed E-state index contributed by atoms with van der Waals surface area (Å²) in [5.41, 5.74) is 3.47. The second kappa shape index (κ2) is 14.4. The molecule has 1 unspecified atom stereocenters. The van der Waals surface area contributed by atoms with Crippen LogP contribution in [-0.2, 0) is 31.2 Å². The number of hydrogen-bond acceptors (Lipinski definition) is 6. The van der Waals surface area contributed by atoms with E-state index >= 15 is 0 Å². The van der Waals surface area contributed by atoms with Gasteiger partial charge in [-0.3, -0.25) is 4.79 Å². The second-order valence-electron chi connectivity index (χ2n) is 12.8. The third-order valence-corrected chi connectivity index (χ3v) is 11.4. The highest BCUT2D eigenvalue weighted by atomic mass is 35.5. The highest BCUT2D eigenvalue weighted by Gasteiger charge is 2.44. The molecule has 45 heavy (non-hydrogen) atoms. The summed E-state index contributed by atoms with van der Waals surface area (Å²) < 4.78 is 34.9. The first-order valence-electron chi connectivity index (χ1n) is 15.7. The van der Waals surface area contributed by atoms with Crippen molar-refractivity contribution in [3.63, 3.8) is 0 Å². The average Bonchev–Trinajstić information content (AvgIpc) is 3.14. The number of hydrogen-bond donors (Lipinski definition) is 1. The molecule has 1 saturated carbocycles. The van der Waals surface area contributed by atoms with E-state index in [1.54, 1.807) is 26.4 Å². The predicted molar refractivity (Wildman–Crippen MR) is 182 cm³/mol. The Labute approximate surface area is 273 Å². The van der Waals surface area contributed by atoms with Crippen LogP contribution in [0.25, 0.3) is 0 Å². The van der Waals surface area contributed by atoms with Crippen molar-refractivity contribution in [1.82, 2.24) is 0 Å². The SMILES string of the molecule is C=CC[C@H](COC)CS(N)(=O)=NC(=O)c1ccc2c(c1)N(C[C@@H]1CC[C@H]1[C@H](C=C)OC)C[C@@]1(CCCc3cc(Cl)ccc31)CO2. The number of fused-ring (bicyclic) bond motifs is 3. The molecule has 6 atom stereocenters. The molecule has 1 amide bonds. The quantitative estimate of drug-likeness (QED) is 0.267. The van der Waals surface area contributed by atoms with Gasteiger partial charge in [0.2, 0.25) is 0 Å². The van der Waals surface area contributed by atoms with Gasteiger partial charge in [-0.1, -0.05) is 29.8 Å². The topological polar surface area (TPSA) is 103 Å². The number of rotatable bonds is 12. The Hall–Kier alpha value is -2.69. The Balaban J connectivity index is 1.50. The van der Waals surface area contributed by atoms with Crippen LogP contribution in [0, 0.1) is 17.8 Å². The van der Waals surface area contributed by atoms with Gasteiger partial charge in [0.25, 0.3) is 5.91 Å². The zero-order chi connectivity index (χ0) is 32.2. The van der Waals surface area contributed by atoms with Crippen molar-refractivity contribution in [2.45, 2.75) is 50.0 Å². The zero-order valence-corrected chi connectivity index (χ0v) is 28.0. The van der Waals surface area contributed by atoms with Gasteiger partial charge in [0.1, 0.15) is 15.7 Å². The van der Waals surface area contributed by atoms with Crippen molar-refractivity contribution in [2.24, 2.45) is 27.3 Å². The average molecular weight is 656 g/mol. The summed E-state index contributed by atoms with van der Waals surface area (Å²) in [7, 11) is 0.0196. The molecule has 0 aromatic heterocycles. The number of nitrogens with two attached hydrogens (primary N) is 1. The van der Waals surface area contributed by atoms with E-state index < -0.39 is 15.8 Å². The number of nitrogens with zero attached hydrogens (tertiary/aromatic N) is 2. The smallest absolute Gasteiger partial charge is 0.286 e. The summed E-state index contributed by atoms with van der Waals surface area (Å²) in [4.78, 5) is 15.8. The maximum atomic E-state index is 13.5. The van der Waals surface area contributed by atoms with Gasteiger partial charge in [-0.2, -0.15) is 0 Å². The zero-order valence-electron chi connectivity index (χ0n) is 26.4. The highest BCUT2D eigenvalue weighted by molar-refractivity contribution is 7.91. The molecule has 2 N–H and O–H groups in total. The number of halogens is 1. The molecular weight excluding hydrogens is 610 g/mol. The molecule has 8 nitrogen and oxygen atoms in total. The highest BCUT2D eigenvalue weighted by Crippen LogP contribution is 2.47. The van der Waals surface area contributed by atoms with Crippen LogP contribution in [0.1, 0.15) is 53.6 Å².